The van der Waals surface area contributed by atoms with Gasteiger partial charge >= 0.3 is 0 Å². The minimum Gasteiger partial charge on any atom is -0.504 e. The minimum absolute atomic E-state index is 0.0485. The number of phenolic OH excluding ortho intramolecular Hbond substituents is 1. The molecule has 32 heavy (non-hydrogen) atoms. The van der Waals surface area contributed by atoms with Crippen molar-refractivity contribution in [3.63, 3.8) is 0 Å². The number of hydrogen-bond donors (Lipinski definition) is 2. The van der Waals surface area contributed by atoms with Crippen LogP contribution in [0.5, 0.6) is 11.5 Å². The van der Waals surface area contributed by atoms with E-state index in [0.717, 1.165) is 30.2 Å². The summed E-state index contributed by atoms with van der Waals surface area (Å²) in [5, 5.41) is 17.7. The number of benzene rings is 2. The number of hydrogen-bond acceptors (Lipinski definition) is 6. The third-order valence-electron chi connectivity index (χ3n) is 5.43. The van der Waals surface area contributed by atoms with Crippen molar-refractivity contribution >= 4 is 16.8 Å². The van der Waals surface area contributed by atoms with Crippen molar-refractivity contribution < 1.29 is 19.2 Å². The lowest BCUT2D eigenvalue weighted by Gasteiger charge is -2.06. The highest BCUT2D eigenvalue weighted by molar-refractivity contribution is 6.06. The molecule has 0 radical (unpaired) electrons. The number of amides is 1. The predicted molar refractivity (Wildman–Crippen MR) is 121 cm³/mol. The molecule has 0 bridgehead atoms. The lowest BCUT2D eigenvalue weighted by Crippen LogP contribution is -2.24. The monoisotopic (exact) mass is 434 g/mol. The number of carbonyl (C=O) groups is 1. The Morgan fingerprint density at radius 2 is 2.06 bits per heavy atom. The SMILES string of the molecule is COc1cc(-c2noc(CCCCCNC(=O)c3cccc4c3ccn4C)n2)ccc1O. The lowest BCUT2D eigenvalue weighted by atomic mass is 10.1. The van der Waals surface area contributed by atoms with Crippen molar-refractivity contribution in [3.05, 3.63) is 60.1 Å². The number of nitrogens with zero attached hydrogens (tertiary/aromatic N) is 3. The van der Waals surface area contributed by atoms with Crippen LogP contribution < -0.4 is 10.1 Å². The molecule has 4 rings (SSSR count). The van der Waals surface area contributed by atoms with E-state index in [2.05, 4.69) is 15.5 Å². The van der Waals surface area contributed by atoms with Crippen LogP contribution in [0.3, 0.4) is 0 Å². The van der Waals surface area contributed by atoms with Crippen LogP contribution in [0.1, 0.15) is 35.5 Å². The van der Waals surface area contributed by atoms with Gasteiger partial charge in [-0.05, 0) is 49.2 Å². The maximum Gasteiger partial charge on any atom is 0.251 e. The summed E-state index contributed by atoms with van der Waals surface area (Å²) >= 11 is 0. The predicted octanol–water partition coefficient (Wildman–Crippen LogP) is 4.09. The third-order valence-corrected chi connectivity index (χ3v) is 5.43. The quantitative estimate of drug-likeness (QED) is 0.385. The summed E-state index contributed by atoms with van der Waals surface area (Å²) in [5.41, 5.74) is 2.46. The van der Waals surface area contributed by atoms with Crippen LogP contribution in [0.4, 0.5) is 0 Å². The van der Waals surface area contributed by atoms with Gasteiger partial charge in [0.05, 0.1) is 7.11 Å². The molecule has 0 atom stereocenters. The molecule has 0 spiro atoms. The fourth-order valence-corrected chi connectivity index (χ4v) is 3.67. The summed E-state index contributed by atoms with van der Waals surface area (Å²) in [4.78, 5) is 17.0. The lowest BCUT2D eigenvalue weighted by molar-refractivity contribution is 0.0954. The molecular weight excluding hydrogens is 408 g/mol. The molecule has 2 aromatic heterocycles. The highest BCUT2D eigenvalue weighted by Crippen LogP contribution is 2.30. The van der Waals surface area contributed by atoms with Crippen LogP contribution in [0, 0.1) is 0 Å². The van der Waals surface area contributed by atoms with E-state index in [9.17, 15) is 9.90 Å². The Hall–Kier alpha value is -3.81. The van der Waals surface area contributed by atoms with Gasteiger partial charge in [-0.3, -0.25) is 4.79 Å². The van der Waals surface area contributed by atoms with E-state index in [-0.39, 0.29) is 11.7 Å². The average Bonchev–Trinajstić information content (AvgIpc) is 3.43. The first-order valence-corrected chi connectivity index (χ1v) is 10.6. The second-order valence-corrected chi connectivity index (χ2v) is 7.63. The van der Waals surface area contributed by atoms with E-state index in [0.29, 0.717) is 41.6 Å². The number of aryl methyl sites for hydroxylation is 2. The van der Waals surface area contributed by atoms with E-state index >= 15 is 0 Å². The Balaban J connectivity index is 1.22. The first kappa shape index (κ1) is 21.4. The molecular formula is C24H26N4O4. The maximum atomic E-state index is 12.5. The second kappa shape index (κ2) is 9.55. The van der Waals surface area contributed by atoms with Gasteiger partial charge in [0.15, 0.2) is 11.5 Å². The Morgan fingerprint density at radius 1 is 1.19 bits per heavy atom. The largest absolute Gasteiger partial charge is 0.504 e. The Morgan fingerprint density at radius 3 is 2.91 bits per heavy atom. The summed E-state index contributed by atoms with van der Waals surface area (Å²) in [7, 11) is 3.46. The van der Waals surface area contributed by atoms with Gasteiger partial charge in [0.2, 0.25) is 11.7 Å². The van der Waals surface area contributed by atoms with Crippen LogP contribution >= 0.6 is 0 Å². The zero-order valence-electron chi connectivity index (χ0n) is 18.2. The van der Waals surface area contributed by atoms with Crippen LogP contribution in [0.2, 0.25) is 0 Å². The zero-order valence-corrected chi connectivity index (χ0v) is 18.2. The van der Waals surface area contributed by atoms with Gasteiger partial charge in [0.25, 0.3) is 5.91 Å². The van der Waals surface area contributed by atoms with Crippen molar-refractivity contribution in [1.82, 2.24) is 20.0 Å². The molecule has 2 heterocycles. The van der Waals surface area contributed by atoms with E-state index in [1.807, 2.05) is 42.1 Å². The number of phenols is 1. The first-order valence-electron chi connectivity index (χ1n) is 10.6. The standard InChI is InChI=1S/C24H26N4O4/c1-28-14-12-17-18(7-6-8-19(17)28)24(30)25-13-5-3-4-9-22-26-23(27-32-22)16-10-11-20(29)21(15-16)31-2/h6-8,10-12,14-15,29H,3-5,9,13H2,1-2H3,(H,25,30). The molecule has 0 saturated carbocycles. The molecule has 0 saturated heterocycles. The zero-order chi connectivity index (χ0) is 22.5. The Labute approximate surface area is 185 Å². The van der Waals surface area contributed by atoms with Crippen LogP contribution in [-0.4, -0.2) is 39.4 Å². The maximum absolute atomic E-state index is 12.5. The molecule has 2 N–H and O–H groups in total. The molecule has 8 nitrogen and oxygen atoms in total. The molecule has 0 unspecified atom stereocenters. The molecule has 0 aliphatic rings. The van der Waals surface area contributed by atoms with Gasteiger partial charge < -0.3 is 24.3 Å². The number of carbonyl (C=O) groups excluding carboxylic acids is 1. The van der Waals surface area contributed by atoms with Crippen molar-refractivity contribution in [2.45, 2.75) is 25.7 Å². The molecule has 2 aromatic carbocycles. The van der Waals surface area contributed by atoms with Gasteiger partial charge in [-0.15, -0.1) is 0 Å². The van der Waals surface area contributed by atoms with Crippen molar-refractivity contribution in [2.24, 2.45) is 7.05 Å². The Bertz CT molecular complexity index is 1230. The summed E-state index contributed by atoms with van der Waals surface area (Å²) in [6.45, 7) is 0.616. The highest BCUT2D eigenvalue weighted by Gasteiger charge is 2.12. The molecule has 0 aliphatic heterocycles. The molecule has 0 aliphatic carbocycles. The third kappa shape index (κ3) is 4.59. The number of aromatic hydroxyl groups is 1. The molecule has 166 valence electrons. The number of unbranched alkanes of at least 4 members (excludes halogenated alkanes) is 2. The summed E-state index contributed by atoms with van der Waals surface area (Å²) < 4.78 is 12.5. The van der Waals surface area contributed by atoms with E-state index < -0.39 is 0 Å². The molecule has 4 aromatic rings. The molecule has 8 heteroatoms. The highest BCUT2D eigenvalue weighted by atomic mass is 16.5. The van der Waals surface area contributed by atoms with Crippen LogP contribution in [0.15, 0.2) is 53.2 Å². The van der Waals surface area contributed by atoms with Crippen molar-refractivity contribution in [3.8, 4) is 22.9 Å². The number of methoxy groups -OCH3 is 1. The topological polar surface area (TPSA) is 102 Å². The first-order chi connectivity index (χ1) is 15.6. The van der Waals surface area contributed by atoms with E-state index in [4.69, 9.17) is 9.26 Å². The van der Waals surface area contributed by atoms with Gasteiger partial charge in [-0.25, -0.2) is 0 Å². The fraction of sp³-hybridized carbons (Fsp3) is 0.292. The number of rotatable bonds is 9. The number of aromatic nitrogens is 3. The molecule has 1 amide bonds. The van der Waals surface area contributed by atoms with Gasteiger partial charge in [0, 0.05) is 48.2 Å². The number of nitrogens with one attached hydrogen (secondary N) is 1. The van der Waals surface area contributed by atoms with Gasteiger partial charge in [-0.2, -0.15) is 4.98 Å². The average molecular weight is 434 g/mol. The smallest absolute Gasteiger partial charge is 0.251 e. The van der Waals surface area contributed by atoms with Gasteiger partial charge in [0.1, 0.15) is 0 Å². The van der Waals surface area contributed by atoms with E-state index in [1.165, 1.54) is 13.2 Å². The Kier molecular flexibility index (Phi) is 6.39. The van der Waals surface area contributed by atoms with Crippen LogP contribution in [-0.2, 0) is 13.5 Å². The van der Waals surface area contributed by atoms with E-state index in [1.54, 1.807) is 12.1 Å². The van der Waals surface area contributed by atoms with Crippen molar-refractivity contribution in [1.29, 1.82) is 0 Å². The van der Waals surface area contributed by atoms with Crippen molar-refractivity contribution in [2.75, 3.05) is 13.7 Å². The summed E-state index contributed by atoms with van der Waals surface area (Å²) in [5.74, 6) is 1.40. The minimum atomic E-state index is -0.0485. The summed E-state index contributed by atoms with van der Waals surface area (Å²) in [6, 6.07) is 12.7. The van der Waals surface area contributed by atoms with Crippen LogP contribution in [0.25, 0.3) is 22.3 Å². The second-order valence-electron chi connectivity index (χ2n) is 7.63. The molecule has 0 fully saturated rings. The van der Waals surface area contributed by atoms with Gasteiger partial charge in [-0.1, -0.05) is 17.6 Å². The number of fused-ring (bicyclic) bond motifs is 1. The normalized spacial score (nSPS) is 11.1. The fourth-order valence-electron chi connectivity index (χ4n) is 3.67. The summed E-state index contributed by atoms with van der Waals surface area (Å²) in [6.07, 6.45) is 5.31. The number of ether oxygens (including phenoxy) is 1.